The third-order valence-corrected chi connectivity index (χ3v) is 5.41. The van der Waals surface area contributed by atoms with Crippen LogP contribution in [0.5, 0.6) is 5.75 Å². The molecule has 6 nitrogen and oxygen atoms in total. The molecular formula is C22H33IN4O2S. The molecule has 1 heterocycles. The average molecular weight is 545 g/mol. The summed E-state index contributed by atoms with van der Waals surface area (Å²) in [6.45, 7) is 3.88. The number of carbonyl (C=O) groups excluding carboxylic acids is 1. The Kier molecular flexibility index (Phi) is 12.4. The SMILES string of the molecule is COc1ccc(CC(C)CNC(=NCC(=O)N(C)C)NCCc2cccs2)cc1.I. The molecule has 1 aromatic heterocycles. The highest BCUT2D eigenvalue weighted by molar-refractivity contribution is 14.0. The van der Waals surface area contributed by atoms with Crippen molar-refractivity contribution in [2.75, 3.05) is 40.8 Å². The van der Waals surface area contributed by atoms with Crippen molar-refractivity contribution in [3.05, 3.63) is 52.2 Å². The van der Waals surface area contributed by atoms with E-state index in [-0.39, 0.29) is 36.4 Å². The van der Waals surface area contributed by atoms with Gasteiger partial charge in [-0.1, -0.05) is 25.1 Å². The first-order valence-corrected chi connectivity index (χ1v) is 10.7. The molecule has 30 heavy (non-hydrogen) atoms. The second-order valence-corrected chi connectivity index (χ2v) is 8.28. The number of nitrogens with zero attached hydrogens (tertiary/aromatic N) is 2. The van der Waals surface area contributed by atoms with Crippen LogP contribution in [0.25, 0.3) is 0 Å². The van der Waals surface area contributed by atoms with Gasteiger partial charge in [-0.2, -0.15) is 0 Å². The van der Waals surface area contributed by atoms with Gasteiger partial charge in [-0.05, 0) is 47.9 Å². The van der Waals surface area contributed by atoms with E-state index in [9.17, 15) is 4.79 Å². The molecule has 1 amide bonds. The van der Waals surface area contributed by atoms with Crippen LogP contribution < -0.4 is 15.4 Å². The van der Waals surface area contributed by atoms with Crippen LogP contribution in [0.1, 0.15) is 17.4 Å². The number of nitrogens with one attached hydrogen (secondary N) is 2. The maximum atomic E-state index is 11.9. The molecular weight excluding hydrogens is 511 g/mol. The molecule has 0 radical (unpaired) electrons. The van der Waals surface area contributed by atoms with E-state index in [2.05, 4.69) is 52.2 Å². The summed E-state index contributed by atoms with van der Waals surface area (Å²) in [6, 6.07) is 12.4. The van der Waals surface area contributed by atoms with Gasteiger partial charge in [0, 0.05) is 32.1 Å². The zero-order chi connectivity index (χ0) is 21.1. The number of ether oxygens (including phenoxy) is 1. The third-order valence-electron chi connectivity index (χ3n) is 4.48. The smallest absolute Gasteiger partial charge is 0.243 e. The monoisotopic (exact) mass is 544 g/mol. The molecule has 0 saturated heterocycles. The van der Waals surface area contributed by atoms with Gasteiger partial charge in [0.05, 0.1) is 7.11 Å². The summed E-state index contributed by atoms with van der Waals surface area (Å²) in [7, 11) is 5.16. The van der Waals surface area contributed by atoms with Crippen LogP contribution >= 0.6 is 35.3 Å². The van der Waals surface area contributed by atoms with Gasteiger partial charge in [0.2, 0.25) is 5.91 Å². The zero-order valence-corrected chi connectivity index (χ0v) is 21.3. The molecule has 1 atom stereocenters. The normalized spacial score (nSPS) is 11.9. The fraction of sp³-hybridized carbons (Fsp3) is 0.455. The second-order valence-electron chi connectivity index (χ2n) is 7.25. The average Bonchev–Trinajstić information content (AvgIpc) is 3.23. The number of hydrogen-bond donors (Lipinski definition) is 2. The summed E-state index contributed by atoms with van der Waals surface area (Å²) in [6.07, 6.45) is 1.89. The molecule has 0 aliphatic rings. The first kappa shape index (κ1) is 26.2. The first-order valence-electron chi connectivity index (χ1n) is 9.85. The van der Waals surface area contributed by atoms with Gasteiger partial charge in [-0.15, -0.1) is 35.3 Å². The number of rotatable bonds is 10. The number of methoxy groups -OCH3 is 1. The molecule has 0 aliphatic carbocycles. The maximum absolute atomic E-state index is 11.9. The van der Waals surface area contributed by atoms with Crippen LogP contribution in [0.15, 0.2) is 46.8 Å². The van der Waals surface area contributed by atoms with Crippen molar-refractivity contribution in [1.82, 2.24) is 15.5 Å². The van der Waals surface area contributed by atoms with E-state index in [0.29, 0.717) is 11.9 Å². The van der Waals surface area contributed by atoms with Crippen molar-refractivity contribution in [2.45, 2.75) is 19.8 Å². The van der Waals surface area contributed by atoms with E-state index >= 15 is 0 Å². The molecule has 2 N–H and O–H groups in total. The van der Waals surface area contributed by atoms with Gasteiger partial charge >= 0.3 is 0 Å². The summed E-state index contributed by atoms with van der Waals surface area (Å²) in [5, 5.41) is 8.81. The fourth-order valence-corrected chi connectivity index (χ4v) is 3.44. The van der Waals surface area contributed by atoms with Gasteiger partial charge in [-0.3, -0.25) is 4.79 Å². The highest BCUT2D eigenvalue weighted by atomic mass is 127. The summed E-state index contributed by atoms with van der Waals surface area (Å²) >= 11 is 1.75. The number of amides is 1. The van der Waals surface area contributed by atoms with Crippen LogP contribution in [0, 0.1) is 5.92 Å². The van der Waals surface area contributed by atoms with Crippen LogP contribution in [-0.2, 0) is 17.6 Å². The molecule has 0 saturated carbocycles. The first-order chi connectivity index (χ1) is 14.0. The van der Waals surface area contributed by atoms with E-state index in [1.807, 2.05) is 12.1 Å². The van der Waals surface area contributed by atoms with E-state index in [4.69, 9.17) is 4.74 Å². The van der Waals surface area contributed by atoms with E-state index in [0.717, 1.165) is 31.7 Å². The van der Waals surface area contributed by atoms with Gasteiger partial charge in [0.25, 0.3) is 0 Å². The number of thiophene rings is 1. The van der Waals surface area contributed by atoms with E-state index in [1.54, 1.807) is 37.4 Å². The van der Waals surface area contributed by atoms with Gasteiger partial charge in [-0.25, -0.2) is 4.99 Å². The second kappa shape index (κ2) is 14.2. The topological polar surface area (TPSA) is 66.0 Å². The predicted octanol–water partition coefficient (Wildman–Crippen LogP) is 3.42. The van der Waals surface area contributed by atoms with Gasteiger partial charge < -0.3 is 20.3 Å². The van der Waals surface area contributed by atoms with Gasteiger partial charge in [0.15, 0.2) is 5.96 Å². The lowest BCUT2D eigenvalue weighted by atomic mass is 10.0. The fourth-order valence-electron chi connectivity index (χ4n) is 2.73. The Hall–Kier alpha value is -1.81. The van der Waals surface area contributed by atoms with Crippen molar-refractivity contribution in [3.63, 3.8) is 0 Å². The van der Waals surface area contributed by atoms with Crippen LogP contribution in [-0.4, -0.2) is 57.6 Å². The molecule has 0 fully saturated rings. The number of benzene rings is 1. The largest absolute Gasteiger partial charge is 0.497 e. The number of likely N-dealkylation sites (N-methyl/N-ethyl adjacent to an activating group) is 1. The Labute approximate surface area is 201 Å². The van der Waals surface area contributed by atoms with Crippen molar-refractivity contribution in [2.24, 2.45) is 10.9 Å². The molecule has 0 aliphatic heterocycles. The highest BCUT2D eigenvalue weighted by Gasteiger charge is 2.08. The molecule has 166 valence electrons. The lowest BCUT2D eigenvalue weighted by Crippen LogP contribution is -2.41. The number of aliphatic imine (C=N–C) groups is 1. The summed E-state index contributed by atoms with van der Waals surface area (Å²) in [4.78, 5) is 19.2. The summed E-state index contributed by atoms with van der Waals surface area (Å²) < 4.78 is 5.21. The number of guanidine groups is 1. The lowest BCUT2D eigenvalue weighted by molar-refractivity contribution is -0.127. The zero-order valence-electron chi connectivity index (χ0n) is 18.2. The van der Waals surface area contributed by atoms with Crippen LogP contribution in [0.4, 0.5) is 0 Å². The maximum Gasteiger partial charge on any atom is 0.243 e. The minimum absolute atomic E-state index is 0. The van der Waals surface area contributed by atoms with Crippen molar-refractivity contribution in [3.8, 4) is 5.75 Å². The Morgan fingerprint density at radius 2 is 1.93 bits per heavy atom. The molecule has 8 heteroatoms. The number of carbonyl (C=O) groups is 1. The third kappa shape index (κ3) is 9.80. The predicted molar refractivity (Wildman–Crippen MR) is 136 cm³/mol. The van der Waals surface area contributed by atoms with Crippen molar-refractivity contribution < 1.29 is 9.53 Å². The van der Waals surface area contributed by atoms with E-state index < -0.39 is 0 Å². The number of halogens is 1. The molecule has 1 unspecified atom stereocenters. The molecule has 1 aromatic carbocycles. The molecule has 2 aromatic rings. The summed E-state index contributed by atoms with van der Waals surface area (Å²) in [5.41, 5.74) is 1.27. The number of hydrogen-bond acceptors (Lipinski definition) is 4. The van der Waals surface area contributed by atoms with Crippen LogP contribution in [0.2, 0.25) is 0 Å². The molecule has 2 rings (SSSR count). The summed E-state index contributed by atoms with van der Waals surface area (Å²) in [5.74, 6) is 1.95. The Balaban J connectivity index is 0.00000450. The minimum atomic E-state index is -0.0179. The van der Waals surface area contributed by atoms with Crippen LogP contribution in [0.3, 0.4) is 0 Å². The standard InChI is InChI=1S/C22H32N4O2S.HI/c1-17(14-18-7-9-19(28-4)10-8-18)15-24-22(25-16-21(27)26(2)3)23-12-11-20-6-5-13-29-20;/h5-10,13,17H,11-12,14-16H2,1-4H3,(H2,23,24,25);1H. The van der Waals surface area contributed by atoms with Crippen molar-refractivity contribution in [1.29, 1.82) is 0 Å². The highest BCUT2D eigenvalue weighted by Crippen LogP contribution is 2.14. The quantitative estimate of drug-likeness (QED) is 0.274. The Morgan fingerprint density at radius 3 is 2.53 bits per heavy atom. The van der Waals surface area contributed by atoms with Crippen molar-refractivity contribution >= 4 is 47.2 Å². The Bertz CT molecular complexity index is 764. The lowest BCUT2D eigenvalue weighted by Gasteiger charge is -2.17. The molecule has 0 spiro atoms. The Morgan fingerprint density at radius 1 is 1.20 bits per heavy atom. The molecule has 0 bridgehead atoms. The minimum Gasteiger partial charge on any atom is -0.497 e. The van der Waals surface area contributed by atoms with Gasteiger partial charge in [0.1, 0.15) is 12.3 Å². The van der Waals surface area contributed by atoms with E-state index in [1.165, 1.54) is 10.4 Å².